The lowest BCUT2D eigenvalue weighted by molar-refractivity contribution is 0.106. The number of aliphatic hydroxyl groups excluding tert-OH is 1. The van der Waals surface area contributed by atoms with Crippen molar-refractivity contribution in [1.29, 1.82) is 0 Å². The molecule has 0 fully saturated rings. The van der Waals surface area contributed by atoms with E-state index < -0.39 is 0 Å². The minimum absolute atomic E-state index is 0.169. The molecule has 0 saturated carbocycles. The molecule has 0 amide bonds. The number of allylic oxidation sites excluding steroid dienone is 1. The third kappa shape index (κ3) is 4.29. The van der Waals surface area contributed by atoms with Crippen molar-refractivity contribution in [2.75, 3.05) is 6.61 Å². The fourth-order valence-electron chi connectivity index (χ4n) is 2.59. The van der Waals surface area contributed by atoms with Crippen molar-refractivity contribution in [3.05, 3.63) is 52.5 Å². The molecule has 120 valence electrons. The van der Waals surface area contributed by atoms with E-state index in [1.54, 1.807) is 11.3 Å². The quantitative estimate of drug-likeness (QED) is 0.722. The number of aryl methyl sites for hydroxylation is 1. The summed E-state index contributed by atoms with van der Waals surface area (Å²) in [6.07, 6.45) is 4.87. The first-order chi connectivity index (χ1) is 10.7. The molecular weight excluding hydrogens is 294 g/mol. The molecule has 0 unspecified atom stereocenters. The zero-order chi connectivity index (χ0) is 15.9. The summed E-state index contributed by atoms with van der Waals surface area (Å²) < 4.78 is 1.92. The van der Waals surface area contributed by atoms with E-state index in [0.717, 1.165) is 31.7 Å². The SMILES string of the molecule is C=CCn1cc(CN(Cc2ccsc2)[C@@H](CC)CO)c(C)n1. The van der Waals surface area contributed by atoms with Crippen LogP contribution >= 0.6 is 11.3 Å². The number of thiophene rings is 1. The first-order valence-corrected chi connectivity index (χ1v) is 8.62. The molecule has 0 saturated heterocycles. The highest BCUT2D eigenvalue weighted by molar-refractivity contribution is 7.07. The minimum Gasteiger partial charge on any atom is -0.395 e. The standard InChI is InChI=1S/C17H25N3OS/c1-4-7-20-11-16(14(3)18-20)10-19(17(5-2)12-21)9-15-6-8-22-13-15/h4,6,8,11,13,17,21H,1,5,7,9-10,12H2,2-3H3/t17-/m0/s1. The van der Waals surface area contributed by atoms with Crippen molar-refractivity contribution in [3.63, 3.8) is 0 Å². The van der Waals surface area contributed by atoms with Crippen LogP contribution in [-0.2, 0) is 19.6 Å². The van der Waals surface area contributed by atoms with Gasteiger partial charge in [-0.1, -0.05) is 13.0 Å². The molecule has 0 aliphatic rings. The molecule has 0 aromatic carbocycles. The average Bonchev–Trinajstić information content (AvgIpc) is 3.11. The van der Waals surface area contributed by atoms with E-state index >= 15 is 0 Å². The maximum absolute atomic E-state index is 9.69. The van der Waals surface area contributed by atoms with Gasteiger partial charge < -0.3 is 5.11 Å². The molecular formula is C17H25N3OS. The molecule has 22 heavy (non-hydrogen) atoms. The van der Waals surface area contributed by atoms with Crippen molar-refractivity contribution in [2.24, 2.45) is 0 Å². The highest BCUT2D eigenvalue weighted by atomic mass is 32.1. The third-order valence-electron chi connectivity index (χ3n) is 3.90. The Balaban J connectivity index is 2.16. The summed E-state index contributed by atoms with van der Waals surface area (Å²) in [6.45, 7) is 10.5. The van der Waals surface area contributed by atoms with Crippen LogP contribution in [0.15, 0.2) is 35.7 Å². The third-order valence-corrected chi connectivity index (χ3v) is 4.63. The van der Waals surface area contributed by atoms with Crippen LogP contribution in [0, 0.1) is 6.92 Å². The van der Waals surface area contributed by atoms with Crippen LogP contribution in [0.25, 0.3) is 0 Å². The lowest BCUT2D eigenvalue weighted by Crippen LogP contribution is -2.36. The zero-order valence-corrected chi connectivity index (χ0v) is 14.2. The maximum Gasteiger partial charge on any atom is 0.0638 e. The topological polar surface area (TPSA) is 41.3 Å². The van der Waals surface area contributed by atoms with E-state index in [-0.39, 0.29) is 12.6 Å². The van der Waals surface area contributed by atoms with Gasteiger partial charge in [0, 0.05) is 30.9 Å². The summed E-state index contributed by atoms with van der Waals surface area (Å²) in [7, 11) is 0. The Morgan fingerprint density at radius 3 is 2.91 bits per heavy atom. The molecule has 2 heterocycles. The van der Waals surface area contributed by atoms with E-state index in [9.17, 15) is 5.11 Å². The number of aliphatic hydroxyl groups is 1. The van der Waals surface area contributed by atoms with Crippen molar-refractivity contribution >= 4 is 11.3 Å². The van der Waals surface area contributed by atoms with Gasteiger partial charge in [0.2, 0.25) is 0 Å². The van der Waals surface area contributed by atoms with E-state index in [1.807, 2.05) is 17.7 Å². The van der Waals surface area contributed by atoms with E-state index in [2.05, 4.69) is 46.5 Å². The van der Waals surface area contributed by atoms with Crippen LogP contribution in [-0.4, -0.2) is 32.4 Å². The highest BCUT2D eigenvalue weighted by Crippen LogP contribution is 2.18. The minimum atomic E-state index is 0.169. The first kappa shape index (κ1) is 16.9. The lowest BCUT2D eigenvalue weighted by atomic mass is 10.1. The molecule has 2 rings (SSSR count). The summed E-state index contributed by atoms with van der Waals surface area (Å²) in [5.74, 6) is 0. The van der Waals surface area contributed by atoms with Crippen LogP contribution in [0.4, 0.5) is 0 Å². The number of aromatic nitrogens is 2. The van der Waals surface area contributed by atoms with Crippen molar-refractivity contribution in [3.8, 4) is 0 Å². The van der Waals surface area contributed by atoms with Gasteiger partial charge in [0.25, 0.3) is 0 Å². The second-order valence-electron chi connectivity index (χ2n) is 5.53. The Bertz CT molecular complexity index is 573. The zero-order valence-electron chi connectivity index (χ0n) is 13.4. The molecule has 4 nitrogen and oxygen atoms in total. The molecule has 0 bridgehead atoms. The summed E-state index contributed by atoms with van der Waals surface area (Å²) in [5, 5.41) is 18.5. The second-order valence-corrected chi connectivity index (χ2v) is 6.31. The highest BCUT2D eigenvalue weighted by Gasteiger charge is 2.19. The normalized spacial score (nSPS) is 12.7. The van der Waals surface area contributed by atoms with Gasteiger partial charge in [-0.15, -0.1) is 6.58 Å². The van der Waals surface area contributed by atoms with Gasteiger partial charge in [-0.2, -0.15) is 16.4 Å². The van der Waals surface area contributed by atoms with Crippen LogP contribution in [0.5, 0.6) is 0 Å². The van der Waals surface area contributed by atoms with Crippen LogP contribution in [0.1, 0.15) is 30.2 Å². The van der Waals surface area contributed by atoms with Crippen molar-refractivity contribution in [1.82, 2.24) is 14.7 Å². The summed E-state index contributed by atoms with van der Waals surface area (Å²) in [5.41, 5.74) is 3.56. The molecule has 0 aliphatic carbocycles. The van der Waals surface area contributed by atoms with Crippen LogP contribution in [0.2, 0.25) is 0 Å². The van der Waals surface area contributed by atoms with Gasteiger partial charge in [-0.3, -0.25) is 9.58 Å². The molecule has 1 N–H and O–H groups in total. The Labute approximate surface area is 136 Å². The van der Waals surface area contributed by atoms with Gasteiger partial charge in [0.1, 0.15) is 0 Å². The number of hydrogen-bond donors (Lipinski definition) is 1. The van der Waals surface area contributed by atoms with Gasteiger partial charge >= 0.3 is 0 Å². The second kappa shape index (κ2) is 8.27. The largest absolute Gasteiger partial charge is 0.395 e. The molecule has 2 aromatic rings. The van der Waals surface area contributed by atoms with Crippen LogP contribution < -0.4 is 0 Å². The molecule has 0 aliphatic heterocycles. The van der Waals surface area contributed by atoms with Crippen LogP contribution in [0.3, 0.4) is 0 Å². The lowest BCUT2D eigenvalue weighted by Gasteiger charge is -2.29. The summed E-state index contributed by atoms with van der Waals surface area (Å²) in [6, 6.07) is 2.32. The summed E-state index contributed by atoms with van der Waals surface area (Å²) >= 11 is 1.71. The summed E-state index contributed by atoms with van der Waals surface area (Å²) in [4.78, 5) is 2.34. The Morgan fingerprint density at radius 2 is 2.32 bits per heavy atom. The predicted octanol–water partition coefficient (Wildman–Crippen LogP) is 3.21. The van der Waals surface area contributed by atoms with Crippen molar-refractivity contribution < 1.29 is 5.11 Å². The fourth-order valence-corrected chi connectivity index (χ4v) is 3.25. The van der Waals surface area contributed by atoms with Crippen molar-refractivity contribution in [2.45, 2.75) is 45.9 Å². The van der Waals surface area contributed by atoms with Gasteiger partial charge in [-0.05, 0) is 35.7 Å². The Hall–Kier alpha value is -1.43. The molecule has 1 atom stereocenters. The number of nitrogens with zero attached hydrogens (tertiary/aromatic N) is 3. The van der Waals surface area contributed by atoms with Gasteiger partial charge in [0.05, 0.1) is 18.8 Å². The predicted molar refractivity (Wildman–Crippen MR) is 91.9 cm³/mol. The Morgan fingerprint density at radius 1 is 1.50 bits per heavy atom. The fraction of sp³-hybridized carbons (Fsp3) is 0.471. The van der Waals surface area contributed by atoms with E-state index in [0.29, 0.717) is 0 Å². The maximum atomic E-state index is 9.69. The first-order valence-electron chi connectivity index (χ1n) is 7.67. The smallest absolute Gasteiger partial charge is 0.0638 e. The number of rotatable bonds is 9. The molecule has 5 heteroatoms. The number of hydrogen-bond acceptors (Lipinski definition) is 4. The monoisotopic (exact) mass is 319 g/mol. The molecule has 0 radical (unpaired) electrons. The van der Waals surface area contributed by atoms with E-state index in [4.69, 9.17) is 0 Å². The van der Waals surface area contributed by atoms with Gasteiger partial charge in [-0.25, -0.2) is 0 Å². The molecule has 0 spiro atoms. The van der Waals surface area contributed by atoms with E-state index in [1.165, 1.54) is 11.1 Å². The molecule has 2 aromatic heterocycles. The Kier molecular flexibility index (Phi) is 6.36. The average molecular weight is 319 g/mol. The van der Waals surface area contributed by atoms with Gasteiger partial charge in [0.15, 0.2) is 0 Å².